The number of hydrogen-bond acceptors (Lipinski definition) is 2. The first-order valence-corrected chi connectivity index (χ1v) is 5.31. The van der Waals surface area contributed by atoms with E-state index in [4.69, 9.17) is 5.73 Å². The van der Waals surface area contributed by atoms with Crippen LogP contribution in [0.2, 0.25) is 0 Å². The van der Waals surface area contributed by atoms with Crippen LogP contribution in [0.5, 0.6) is 0 Å². The summed E-state index contributed by atoms with van der Waals surface area (Å²) in [5.41, 5.74) is 5.75. The van der Waals surface area contributed by atoms with E-state index in [1.165, 1.54) is 12.2 Å². The zero-order chi connectivity index (χ0) is 10.6. The molecular weight excluding hydrogens is 174 g/mol. The van der Waals surface area contributed by atoms with Gasteiger partial charge in [0.2, 0.25) is 0 Å². The minimum atomic E-state index is 0.311. The van der Waals surface area contributed by atoms with Crippen LogP contribution in [0.15, 0.2) is 12.4 Å². The summed E-state index contributed by atoms with van der Waals surface area (Å²) in [4.78, 5) is 4.30. The molecular formula is C11H21N3. The van der Waals surface area contributed by atoms with Crippen LogP contribution < -0.4 is 5.73 Å². The number of rotatable bonds is 5. The summed E-state index contributed by atoms with van der Waals surface area (Å²) in [6.07, 6.45) is 7.17. The lowest BCUT2D eigenvalue weighted by atomic mass is 9.98. The summed E-state index contributed by atoms with van der Waals surface area (Å²) in [6.45, 7) is 4.32. The Morgan fingerprint density at radius 3 is 2.71 bits per heavy atom. The van der Waals surface area contributed by atoms with Gasteiger partial charge in [0.05, 0.1) is 0 Å². The summed E-state index contributed by atoms with van der Waals surface area (Å²) in [7, 11) is 2.04. The lowest BCUT2D eigenvalue weighted by Crippen LogP contribution is -2.18. The highest BCUT2D eigenvalue weighted by Gasteiger charge is 2.07. The molecule has 1 aromatic heterocycles. The van der Waals surface area contributed by atoms with Gasteiger partial charge in [0.15, 0.2) is 0 Å². The molecule has 0 aliphatic heterocycles. The maximum atomic E-state index is 5.75. The number of aryl methyl sites for hydroxylation is 2. The minimum Gasteiger partial charge on any atom is -0.338 e. The number of hydrogen-bond donors (Lipinski definition) is 1. The molecule has 2 N–H and O–H groups in total. The molecule has 0 bridgehead atoms. The number of imidazole rings is 1. The Labute approximate surface area is 86.3 Å². The van der Waals surface area contributed by atoms with Gasteiger partial charge in [-0.05, 0) is 25.7 Å². The predicted octanol–water partition coefficient (Wildman–Crippen LogP) is 1.73. The van der Waals surface area contributed by atoms with Gasteiger partial charge in [0, 0.05) is 31.9 Å². The second-order valence-corrected chi connectivity index (χ2v) is 4.31. The molecule has 0 fully saturated rings. The molecule has 0 spiro atoms. The van der Waals surface area contributed by atoms with Gasteiger partial charge in [-0.1, -0.05) is 6.92 Å². The van der Waals surface area contributed by atoms with Crippen LogP contribution in [0, 0.1) is 5.92 Å². The zero-order valence-electron chi connectivity index (χ0n) is 9.40. The van der Waals surface area contributed by atoms with Gasteiger partial charge in [0.25, 0.3) is 0 Å². The lowest BCUT2D eigenvalue weighted by molar-refractivity contribution is 0.446. The van der Waals surface area contributed by atoms with E-state index in [0.29, 0.717) is 12.0 Å². The molecule has 1 heterocycles. The van der Waals surface area contributed by atoms with E-state index in [1.54, 1.807) is 0 Å². The van der Waals surface area contributed by atoms with Gasteiger partial charge < -0.3 is 10.3 Å². The number of nitrogens with zero attached hydrogens (tertiary/aromatic N) is 2. The first-order chi connectivity index (χ1) is 6.59. The van der Waals surface area contributed by atoms with Crippen molar-refractivity contribution in [2.24, 2.45) is 18.7 Å². The number of aromatic nitrogens is 2. The van der Waals surface area contributed by atoms with Crippen molar-refractivity contribution < 1.29 is 0 Å². The molecule has 3 nitrogen and oxygen atoms in total. The Morgan fingerprint density at radius 1 is 1.50 bits per heavy atom. The smallest absolute Gasteiger partial charge is 0.108 e. The van der Waals surface area contributed by atoms with E-state index in [9.17, 15) is 0 Å². The van der Waals surface area contributed by atoms with Crippen molar-refractivity contribution in [3.8, 4) is 0 Å². The Balaban J connectivity index is 2.30. The van der Waals surface area contributed by atoms with Crippen LogP contribution >= 0.6 is 0 Å². The number of nitrogens with two attached hydrogens (primary N) is 1. The van der Waals surface area contributed by atoms with E-state index in [2.05, 4.69) is 23.4 Å². The summed E-state index contributed by atoms with van der Waals surface area (Å²) in [5.74, 6) is 1.85. The molecule has 1 rings (SSSR count). The van der Waals surface area contributed by atoms with Crippen LogP contribution in [0.25, 0.3) is 0 Å². The first-order valence-electron chi connectivity index (χ1n) is 5.31. The fraction of sp³-hybridized carbons (Fsp3) is 0.727. The third kappa shape index (κ3) is 3.50. The molecule has 0 aliphatic rings. The fourth-order valence-corrected chi connectivity index (χ4v) is 1.77. The largest absolute Gasteiger partial charge is 0.338 e. The van der Waals surface area contributed by atoms with Crippen molar-refractivity contribution in [1.82, 2.24) is 9.55 Å². The van der Waals surface area contributed by atoms with E-state index in [0.717, 1.165) is 12.8 Å². The van der Waals surface area contributed by atoms with Crippen LogP contribution in [-0.2, 0) is 13.5 Å². The van der Waals surface area contributed by atoms with Crippen molar-refractivity contribution in [2.75, 3.05) is 0 Å². The molecule has 0 saturated heterocycles. The van der Waals surface area contributed by atoms with Crippen molar-refractivity contribution in [3.05, 3.63) is 18.2 Å². The van der Waals surface area contributed by atoms with Crippen molar-refractivity contribution >= 4 is 0 Å². The van der Waals surface area contributed by atoms with E-state index < -0.39 is 0 Å². The van der Waals surface area contributed by atoms with Crippen LogP contribution in [0.4, 0.5) is 0 Å². The van der Waals surface area contributed by atoms with Gasteiger partial charge in [0.1, 0.15) is 5.82 Å². The molecule has 0 saturated carbocycles. The van der Waals surface area contributed by atoms with Crippen molar-refractivity contribution in [1.29, 1.82) is 0 Å². The lowest BCUT2D eigenvalue weighted by Gasteiger charge is -2.13. The summed E-state index contributed by atoms with van der Waals surface area (Å²) >= 11 is 0. The molecule has 2 atom stereocenters. The monoisotopic (exact) mass is 195 g/mol. The molecule has 3 heteroatoms. The van der Waals surface area contributed by atoms with Gasteiger partial charge in [-0.3, -0.25) is 0 Å². The molecule has 0 aromatic carbocycles. The van der Waals surface area contributed by atoms with E-state index in [1.807, 2.05) is 19.4 Å². The Hall–Kier alpha value is -0.830. The maximum absolute atomic E-state index is 5.75. The normalized spacial score (nSPS) is 15.4. The molecule has 80 valence electrons. The quantitative estimate of drug-likeness (QED) is 0.777. The Kier molecular flexibility index (Phi) is 4.14. The second kappa shape index (κ2) is 5.15. The van der Waals surface area contributed by atoms with Gasteiger partial charge in [-0.15, -0.1) is 0 Å². The van der Waals surface area contributed by atoms with Crippen molar-refractivity contribution in [3.63, 3.8) is 0 Å². The SMILES string of the molecule is CC(N)CC(C)CCc1nccn1C. The summed E-state index contributed by atoms with van der Waals surface area (Å²) in [6, 6.07) is 0.311. The summed E-state index contributed by atoms with van der Waals surface area (Å²) < 4.78 is 2.08. The standard InChI is InChI=1S/C11H21N3/c1-9(8-10(2)12)4-5-11-13-6-7-14(11)3/h6-7,9-10H,4-5,8,12H2,1-3H3. The Morgan fingerprint density at radius 2 is 2.21 bits per heavy atom. The molecule has 0 amide bonds. The maximum Gasteiger partial charge on any atom is 0.108 e. The van der Waals surface area contributed by atoms with E-state index in [-0.39, 0.29) is 0 Å². The molecule has 0 aliphatic carbocycles. The highest BCUT2D eigenvalue weighted by atomic mass is 15.0. The average Bonchev–Trinajstić information content (AvgIpc) is 2.46. The average molecular weight is 195 g/mol. The van der Waals surface area contributed by atoms with Gasteiger partial charge in [-0.2, -0.15) is 0 Å². The zero-order valence-corrected chi connectivity index (χ0v) is 9.40. The van der Waals surface area contributed by atoms with Crippen LogP contribution in [0.3, 0.4) is 0 Å². The second-order valence-electron chi connectivity index (χ2n) is 4.31. The minimum absolute atomic E-state index is 0.311. The van der Waals surface area contributed by atoms with Crippen LogP contribution in [-0.4, -0.2) is 15.6 Å². The molecule has 0 radical (unpaired) electrons. The highest BCUT2D eigenvalue weighted by Crippen LogP contribution is 2.12. The fourth-order valence-electron chi connectivity index (χ4n) is 1.77. The summed E-state index contributed by atoms with van der Waals surface area (Å²) in [5, 5.41) is 0. The van der Waals surface area contributed by atoms with Gasteiger partial charge >= 0.3 is 0 Å². The third-order valence-corrected chi connectivity index (χ3v) is 2.56. The predicted molar refractivity (Wildman–Crippen MR) is 59.0 cm³/mol. The third-order valence-electron chi connectivity index (χ3n) is 2.56. The van der Waals surface area contributed by atoms with E-state index >= 15 is 0 Å². The molecule has 2 unspecified atom stereocenters. The molecule has 1 aromatic rings. The van der Waals surface area contributed by atoms with Crippen molar-refractivity contribution in [2.45, 2.75) is 39.2 Å². The first kappa shape index (κ1) is 11.2. The molecule has 14 heavy (non-hydrogen) atoms. The topological polar surface area (TPSA) is 43.8 Å². The highest BCUT2D eigenvalue weighted by molar-refractivity contribution is 4.91. The Bertz CT molecular complexity index is 265. The van der Waals surface area contributed by atoms with Crippen LogP contribution in [0.1, 0.15) is 32.5 Å². The van der Waals surface area contributed by atoms with Gasteiger partial charge in [-0.25, -0.2) is 4.98 Å².